The number of nitrogens with zero attached hydrogens (tertiary/aromatic N) is 6. The molecule has 2 saturated heterocycles. The Balaban J connectivity index is 1.26. The van der Waals surface area contributed by atoms with E-state index >= 15 is 0 Å². The van der Waals surface area contributed by atoms with Crippen LogP contribution in [0.25, 0.3) is 0 Å². The second-order valence-corrected chi connectivity index (χ2v) is 11.1. The van der Waals surface area contributed by atoms with Crippen LogP contribution in [-0.2, 0) is 39.5 Å². The number of aliphatic hydroxyl groups excluding tert-OH is 1. The Labute approximate surface area is 243 Å². The summed E-state index contributed by atoms with van der Waals surface area (Å²) < 4.78 is 1.70. The molecule has 3 amide bonds. The Morgan fingerprint density at radius 2 is 1.76 bits per heavy atom. The summed E-state index contributed by atoms with van der Waals surface area (Å²) in [6.45, 7) is 3.90. The van der Waals surface area contributed by atoms with Crippen LogP contribution in [0, 0.1) is 5.92 Å². The maximum absolute atomic E-state index is 14.1. The zero-order valence-electron chi connectivity index (χ0n) is 23.5. The maximum atomic E-state index is 14.1. The van der Waals surface area contributed by atoms with E-state index < -0.39 is 17.4 Å². The SMILES string of the molecule is C[C@H](/C=C/CCn1cc(CCO)nn1)[C@@]1(O)C(=O)N(Cc2cccc(N3CCC3=O)c2)c2ccc(N3CCC3=O)cc21. The highest BCUT2D eigenvalue weighted by atomic mass is 16.3. The molecule has 42 heavy (non-hydrogen) atoms. The van der Waals surface area contributed by atoms with Gasteiger partial charge < -0.3 is 24.9 Å². The molecule has 1 aromatic heterocycles. The number of benzene rings is 2. The van der Waals surface area contributed by atoms with E-state index in [4.69, 9.17) is 5.11 Å². The average molecular weight is 571 g/mol. The molecule has 0 saturated carbocycles. The van der Waals surface area contributed by atoms with Gasteiger partial charge in [0.05, 0.1) is 17.9 Å². The second-order valence-electron chi connectivity index (χ2n) is 11.1. The van der Waals surface area contributed by atoms with Gasteiger partial charge in [-0.05, 0) is 42.3 Å². The van der Waals surface area contributed by atoms with Crippen molar-refractivity contribution in [3.63, 3.8) is 0 Å². The zero-order chi connectivity index (χ0) is 29.4. The van der Waals surface area contributed by atoms with Crippen LogP contribution in [0.5, 0.6) is 0 Å². The summed E-state index contributed by atoms with van der Waals surface area (Å²) in [6.07, 6.45) is 7.62. The molecule has 0 unspecified atom stereocenters. The number of aliphatic hydroxyl groups is 2. The van der Waals surface area contributed by atoms with E-state index in [0.29, 0.717) is 62.3 Å². The van der Waals surface area contributed by atoms with Crippen molar-refractivity contribution in [2.75, 3.05) is 34.4 Å². The number of anilines is 3. The Morgan fingerprint density at radius 1 is 1.02 bits per heavy atom. The summed E-state index contributed by atoms with van der Waals surface area (Å²) in [5.74, 6) is -0.911. The second kappa shape index (κ2) is 11.1. The van der Waals surface area contributed by atoms with Crippen molar-refractivity contribution in [2.24, 2.45) is 5.92 Å². The van der Waals surface area contributed by atoms with Crippen molar-refractivity contribution in [1.82, 2.24) is 15.0 Å². The highest BCUT2D eigenvalue weighted by Crippen LogP contribution is 2.47. The predicted molar refractivity (Wildman–Crippen MR) is 156 cm³/mol. The minimum Gasteiger partial charge on any atom is -0.396 e. The molecule has 11 heteroatoms. The maximum Gasteiger partial charge on any atom is 0.264 e. The lowest BCUT2D eigenvalue weighted by Gasteiger charge is -2.32. The van der Waals surface area contributed by atoms with Gasteiger partial charge in [-0.3, -0.25) is 19.1 Å². The number of carbonyl (C=O) groups excluding carboxylic acids is 3. The van der Waals surface area contributed by atoms with Gasteiger partial charge in [-0.2, -0.15) is 0 Å². The van der Waals surface area contributed by atoms with Gasteiger partial charge in [-0.15, -0.1) is 5.10 Å². The molecule has 2 aromatic carbocycles. The van der Waals surface area contributed by atoms with E-state index in [0.717, 1.165) is 16.9 Å². The Morgan fingerprint density at radius 3 is 2.43 bits per heavy atom. The third-order valence-corrected chi connectivity index (χ3v) is 8.39. The molecule has 218 valence electrons. The van der Waals surface area contributed by atoms with E-state index in [1.54, 1.807) is 37.7 Å². The van der Waals surface area contributed by atoms with Crippen LogP contribution in [0.3, 0.4) is 0 Å². The van der Waals surface area contributed by atoms with Crippen LogP contribution in [0.1, 0.15) is 43.0 Å². The van der Waals surface area contributed by atoms with Crippen molar-refractivity contribution in [3.8, 4) is 0 Å². The third kappa shape index (κ3) is 4.88. The first kappa shape index (κ1) is 27.8. The molecular weight excluding hydrogens is 536 g/mol. The quantitative estimate of drug-likeness (QED) is 0.267. The summed E-state index contributed by atoms with van der Waals surface area (Å²) in [7, 11) is 0. The normalized spacial score (nSPS) is 20.7. The summed E-state index contributed by atoms with van der Waals surface area (Å²) in [5, 5.41) is 29.3. The van der Waals surface area contributed by atoms with Gasteiger partial charge in [0.25, 0.3) is 5.91 Å². The molecule has 0 bridgehead atoms. The summed E-state index contributed by atoms with van der Waals surface area (Å²) in [5.41, 5.74) is 2.26. The monoisotopic (exact) mass is 570 g/mol. The predicted octanol–water partition coefficient (Wildman–Crippen LogP) is 2.30. The Kier molecular flexibility index (Phi) is 7.38. The van der Waals surface area contributed by atoms with Crippen LogP contribution in [0.4, 0.5) is 17.1 Å². The van der Waals surface area contributed by atoms with Crippen LogP contribution in [-0.4, -0.2) is 62.6 Å². The van der Waals surface area contributed by atoms with Gasteiger partial charge in [-0.25, -0.2) is 0 Å². The molecule has 11 nitrogen and oxygen atoms in total. The zero-order valence-corrected chi connectivity index (χ0v) is 23.5. The molecular formula is C31H34N6O5. The summed E-state index contributed by atoms with van der Waals surface area (Å²) in [4.78, 5) is 43.2. The number of aryl methyl sites for hydroxylation is 1. The highest BCUT2D eigenvalue weighted by Gasteiger charge is 2.53. The van der Waals surface area contributed by atoms with Crippen molar-refractivity contribution in [3.05, 3.63) is 77.6 Å². The molecule has 2 N–H and O–H groups in total. The van der Waals surface area contributed by atoms with E-state index in [1.165, 1.54) is 0 Å². The first-order valence-electron chi connectivity index (χ1n) is 14.3. The number of amides is 3. The number of fused-ring (bicyclic) bond motifs is 1. The van der Waals surface area contributed by atoms with Gasteiger partial charge >= 0.3 is 0 Å². The number of hydrogen-bond acceptors (Lipinski definition) is 7. The number of β-lactam (4-membered cyclic amide) rings is 2. The molecule has 0 radical (unpaired) electrons. The molecule has 6 rings (SSSR count). The molecule has 3 aliphatic rings. The molecule has 3 aliphatic heterocycles. The smallest absolute Gasteiger partial charge is 0.264 e. The van der Waals surface area contributed by atoms with E-state index in [9.17, 15) is 19.5 Å². The highest BCUT2D eigenvalue weighted by molar-refractivity contribution is 6.08. The van der Waals surface area contributed by atoms with Crippen molar-refractivity contribution < 1.29 is 24.6 Å². The Hall–Kier alpha value is -4.35. The van der Waals surface area contributed by atoms with Crippen LogP contribution in [0.2, 0.25) is 0 Å². The van der Waals surface area contributed by atoms with E-state index in [1.807, 2.05) is 49.4 Å². The van der Waals surface area contributed by atoms with E-state index in [-0.39, 0.29) is 25.0 Å². The minimum atomic E-state index is -1.83. The molecule has 3 aromatic rings. The number of allylic oxidation sites excluding steroid dienone is 1. The standard InChI is InChI=1S/C31H34N6O5/c1-21(5-2-3-13-34-20-23(12-16-38)32-33-34)31(42)26-18-25(36-15-11-29(36)40)8-9-27(26)37(30(31)41)19-22-6-4-7-24(17-22)35-14-10-28(35)39/h2,4-9,17-18,20-21,38,42H,3,10-16,19H2,1H3/b5-2+/t21-,31+/m1/s1. The van der Waals surface area contributed by atoms with Gasteiger partial charge in [0.15, 0.2) is 5.60 Å². The van der Waals surface area contributed by atoms with Crippen LogP contribution in [0.15, 0.2) is 60.8 Å². The average Bonchev–Trinajstić information content (AvgIpc) is 3.50. The molecule has 0 spiro atoms. The minimum absolute atomic E-state index is 0.0123. The lowest BCUT2D eigenvalue weighted by atomic mass is 9.82. The number of hydrogen-bond donors (Lipinski definition) is 2. The molecule has 0 aliphatic carbocycles. The van der Waals surface area contributed by atoms with Gasteiger partial charge in [-0.1, -0.05) is 36.4 Å². The lowest BCUT2D eigenvalue weighted by molar-refractivity contribution is -0.139. The number of rotatable bonds is 11. The number of carbonyl (C=O) groups is 3. The summed E-state index contributed by atoms with van der Waals surface area (Å²) in [6, 6.07) is 13.0. The molecule has 2 fully saturated rings. The van der Waals surface area contributed by atoms with Crippen LogP contribution >= 0.6 is 0 Å². The fourth-order valence-electron chi connectivity index (χ4n) is 5.76. The van der Waals surface area contributed by atoms with Crippen molar-refractivity contribution >= 4 is 34.8 Å². The topological polar surface area (TPSA) is 132 Å². The first-order chi connectivity index (χ1) is 20.3. The first-order valence-corrected chi connectivity index (χ1v) is 14.3. The van der Waals surface area contributed by atoms with Gasteiger partial charge in [0.2, 0.25) is 11.8 Å². The van der Waals surface area contributed by atoms with Crippen LogP contribution < -0.4 is 14.7 Å². The lowest BCUT2D eigenvalue weighted by Crippen LogP contribution is -2.45. The fourth-order valence-corrected chi connectivity index (χ4v) is 5.76. The third-order valence-electron chi connectivity index (χ3n) is 8.39. The number of aromatic nitrogens is 3. The summed E-state index contributed by atoms with van der Waals surface area (Å²) >= 11 is 0. The molecule has 2 atom stereocenters. The van der Waals surface area contributed by atoms with Crippen molar-refractivity contribution in [2.45, 2.75) is 51.3 Å². The van der Waals surface area contributed by atoms with Gasteiger partial charge in [0.1, 0.15) is 0 Å². The van der Waals surface area contributed by atoms with Gasteiger partial charge in [0, 0.05) is 74.6 Å². The fraction of sp³-hybridized carbons (Fsp3) is 0.387. The van der Waals surface area contributed by atoms with E-state index in [2.05, 4.69) is 10.3 Å². The molecule has 4 heterocycles. The largest absolute Gasteiger partial charge is 0.396 e. The van der Waals surface area contributed by atoms with Crippen molar-refractivity contribution in [1.29, 1.82) is 0 Å². The Bertz CT molecular complexity index is 1570.